The number of hydrogen-bond acceptors (Lipinski definition) is 6. The minimum atomic E-state index is -0.569. The zero-order chi connectivity index (χ0) is 13.0. The van der Waals surface area contributed by atoms with Crippen molar-refractivity contribution in [3.05, 3.63) is 44.9 Å². The monoisotopic (exact) mass is 309 g/mol. The molecule has 18 heavy (non-hydrogen) atoms. The minimum absolute atomic E-state index is 0.0979. The number of nitrogens with zero attached hydrogens (tertiary/aromatic N) is 3. The Morgan fingerprint density at radius 2 is 2.33 bits per heavy atom. The van der Waals surface area contributed by atoms with Crippen LogP contribution in [-0.4, -0.2) is 26.5 Å². The lowest BCUT2D eigenvalue weighted by molar-refractivity contribution is 0.474. The second-order valence-corrected chi connectivity index (χ2v) is 4.16. The molecule has 0 saturated heterocycles. The Morgan fingerprint density at radius 1 is 1.50 bits per heavy atom. The molecule has 0 spiro atoms. The molecule has 1 aromatic heterocycles. The number of phenolic OH excluding ortho intramolecular Hbond substituents is 1. The average molecular weight is 310 g/mol. The maximum Gasteiger partial charge on any atom is 0.363 e. The van der Waals surface area contributed by atoms with E-state index in [2.05, 4.69) is 41.6 Å². The molecule has 0 unspecified atom stereocenters. The quantitative estimate of drug-likeness (QED) is 0.581. The molecule has 2 aromatic rings. The van der Waals surface area contributed by atoms with Crippen molar-refractivity contribution in [2.75, 3.05) is 5.43 Å². The van der Waals surface area contributed by atoms with Gasteiger partial charge in [0.05, 0.1) is 12.4 Å². The van der Waals surface area contributed by atoms with Gasteiger partial charge in [0.15, 0.2) is 5.82 Å². The van der Waals surface area contributed by atoms with Gasteiger partial charge in [-0.25, -0.2) is 9.89 Å². The fourth-order valence-corrected chi connectivity index (χ4v) is 1.54. The number of hydrogen-bond donors (Lipinski definition) is 3. The number of rotatable bonds is 3. The molecule has 0 amide bonds. The van der Waals surface area contributed by atoms with Crippen molar-refractivity contribution in [2.45, 2.75) is 0 Å². The van der Waals surface area contributed by atoms with Crippen LogP contribution in [0.4, 0.5) is 5.82 Å². The molecule has 0 radical (unpaired) electrons. The van der Waals surface area contributed by atoms with Crippen LogP contribution in [-0.2, 0) is 0 Å². The Morgan fingerprint density at radius 3 is 3.11 bits per heavy atom. The Bertz CT molecular complexity index is 640. The van der Waals surface area contributed by atoms with Crippen LogP contribution in [0.3, 0.4) is 0 Å². The summed E-state index contributed by atoms with van der Waals surface area (Å²) in [6.07, 6.45) is 2.72. The number of hydrazone groups is 1. The van der Waals surface area contributed by atoms with E-state index in [9.17, 15) is 9.90 Å². The Hall–Kier alpha value is -2.22. The van der Waals surface area contributed by atoms with Crippen molar-refractivity contribution in [3.63, 3.8) is 0 Å². The highest BCUT2D eigenvalue weighted by Gasteiger charge is 1.98. The van der Waals surface area contributed by atoms with Crippen LogP contribution in [0.25, 0.3) is 0 Å². The van der Waals surface area contributed by atoms with Crippen molar-refractivity contribution in [3.8, 4) is 5.75 Å². The fourth-order valence-electron chi connectivity index (χ4n) is 1.16. The van der Waals surface area contributed by atoms with Crippen LogP contribution >= 0.6 is 15.9 Å². The van der Waals surface area contributed by atoms with Crippen LogP contribution in [0.5, 0.6) is 5.75 Å². The van der Waals surface area contributed by atoms with Gasteiger partial charge in [0.1, 0.15) is 5.75 Å². The Balaban J connectivity index is 2.12. The van der Waals surface area contributed by atoms with Crippen molar-refractivity contribution in [2.24, 2.45) is 5.10 Å². The van der Waals surface area contributed by atoms with Crippen LogP contribution in [0.1, 0.15) is 5.56 Å². The lowest BCUT2D eigenvalue weighted by Crippen LogP contribution is -2.13. The van der Waals surface area contributed by atoms with E-state index < -0.39 is 5.69 Å². The van der Waals surface area contributed by atoms with Gasteiger partial charge in [0, 0.05) is 10.0 Å². The van der Waals surface area contributed by atoms with Gasteiger partial charge < -0.3 is 5.11 Å². The van der Waals surface area contributed by atoms with Crippen LogP contribution in [0.2, 0.25) is 0 Å². The molecule has 0 aliphatic rings. The molecule has 0 saturated carbocycles. The van der Waals surface area contributed by atoms with Gasteiger partial charge in [-0.15, -0.1) is 0 Å². The third kappa shape index (κ3) is 3.14. The molecule has 0 aliphatic heterocycles. The Kier molecular flexibility index (Phi) is 3.68. The van der Waals surface area contributed by atoms with Gasteiger partial charge >= 0.3 is 5.69 Å². The summed E-state index contributed by atoms with van der Waals surface area (Å²) in [5.74, 6) is 0.310. The van der Waals surface area contributed by atoms with Crippen molar-refractivity contribution in [1.82, 2.24) is 15.2 Å². The first kappa shape index (κ1) is 12.2. The molecular weight excluding hydrogens is 302 g/mol. The Labute approximate surface area is 110 Å². The number of phenols is 1. The van der Waals surface area contributed by atoms with E-state index in [1.165, 1.54) is 12.4 Å². The fraction of sp³-hybridized carbons (Fsp3) is 0. The predicted octanol–water partition coefficient (Wildman–Crippen LogP) is 1.08. The second kappa shape index (κ2) is 5.41. The number of nitrogens with one attached hydrogen (secondary N) is 2. The van der Waals surface area contributed by atoms with Gasteiger partial charge in [0.2, 0.25) is 0 Å². The van der Waals surface area contributed by atoms with E-state index in [4.69, 9.17) is 0 Å². The van der Waals surface area contributed by atoms with E-state index >= 15 is 0 Å². The van der Waals surface area contributed by atoms with Crippen molar-refractivity contribution >= 4 is 28.0 Å². The number of H-pyrrole nitrogens is 1. The lowest BCUT2D eigenvalue weighted by Gasteiger charge is -1.99. The van der Waals surface area contributed by atoms with Crippen LogP contribution in [0.15, 0.2) is 38.8 Å². The van der Waals surface area contributed by atoms with Crippen molar-refractivity contribution < 1.29 is 5.11 Å². The summed E-state index contributed by atoms with van der Waals surface area (Å²) < 4.78 is 0.817. The topological polar surface area (TPSA) is 103 Å². The maximum atomic E-state index is 10.9. The number of halogens is 1. The minimum Gasteiger partial charge on any atom is -0.507 e. The summed E-state index contributed by atoms with van der Waals surface area (Å²) in [5.41, 5.74) is 2.48. The maximum absolute atomic E-state index is 10.9. The predicted molar refractivity (Wildman–Crippen MR) is 69.7 cm³/mol. The third-order valence-corrected chi connectivity index (χ3v) is 2.43. The standard InChI is InChI=1S/C10H8BrN5O2/c11-7-1-2-8(17)6(3-7)4-12-15-9-5-13-16-10(18)14-9/h1-5,17H,(H2,14,15,16,18)/b12-4+. The highest BCUT2D eigenvalue weighted by Crippen LogP contribution is 2.19. The van der Waals surface area contributed by atoms with Crippen LogP contribution in [0, 0.1) is 0 Å². The normalized spacial score (nSPS) is 10.7. The van der Waals surface area contributed by atoms with Gasteiger partial charge in [-0.3, -0.25) is 5.43 Å². The van der Waals surface area contributed by atoms with Gasteiger partial charge in [-0.1, -0.05) is 15.9 Å². The van der Waals surface area contributed by atoms with E-state index in [1.807, 2.05) is 0 Å². The smallest absolute Gasteiger partial charge is 0.363 e. The van der Waals surface area contributed by atoms with E-state index in [0.29, 0.717) is 5.56 Å². The third-order valence-electron chi connectivity index (χ3n) is 1.94. The molecule has 1 aromatic carbocycles. The van der Waals surface area contributed by atoms with Gasteiger partial charge in [0.25, 0.3) is 0 Å². The number of benzene rings is 1. The van der Waals surface area contributed by atoms with Gasteiger partial charge in [-0.2, -0.15) is 15.2 Å². The highest BCUT2D eigenvalue weighted by molar-refractivity contribution is 9.10. The van der Waals surface area contributed by atoms with E-state index in [-0.39, 0.29) is 11.6 Å². The zero-order valence-corrected chi connectivity index (χ0v) is 10.5. The molecule has 2 rings (SSSR count). The molecule has 7 nitrogen and oxygen atoms in total. The first-order valence-corrected chi connectivity index (χ1v) is 5.64. The summed E-state index contributed by atoms with van der Waals surface area (Å²) >= 11 is 3.28. The first-order chi connectivity index (χ1) is 8.65. The average Bonchev–Trinajstić information content (AvgIpc) is 2.34. The first-order valence-electron chi connectivity index (χ1n) is 4.84. The van der Waals surface area contributed by atoms with Crippen molar-refractivity contribution in [1.29, 1.82) is 0 Å². The molecule has 0 aliphatic carbocycles. The summed E-state index contributed by atoms with van der Waals surface area (Å²) in [4.78, 5) is 14.4. The zero-order valence-electron chi connectivity index (χ0n) is 8.96. The number of anilines is 1. The van der Waals surface area contributed by atoms with Crippen LogP contribution < -0.4 is 11.1 Å². The summed E-state index contributed by atoms with van der Waals surface area (Å²) in [5, 5.41) is 19.1. The number of aromatic amines is 1. The highest BCUT2D eigenvalue weighted by atomic mass is 79.9. The number of aromatic hydroxyl groups is 1. The summed E-state index contributed by atoms with van der Waals surface area (Å²) in [7, 11) is 0. The van der Waals surface area contributed by atoms with E-state index in [1.54, 1.807) is 18.2 Å². The molecule has 8 heteroatoms. The molecule has 3 N–H and O–H groups in total. The lowest BCUT2D eigenvalue weighted by atomic mass is 10.2. The summed E-state index contributed by atoms with van der Waals surface area (Å²) in [6, 6.07) is 4.95. The summed E-state index contributed by atoms with van der Waals surface area (Å²) in [6.45, 7) is 0. The molecule has 0 bridgehead atoms. The molecule has 0 fully saturated rings. The van der Waals surface area contributed by atoms with Gasteiger partial charge in [-0.05, 0) is 18.2 Å². The molecule has 0 atom stereocenters. The SMILES string of the molecule is O=c1nc(N/N=C/c2cc(Br)ccc2O)cn[nH]1. The van der Waals surface area contributed by atoms with E-state index in [0.717, 1.165) is 4.47 Å². The molecule has 92 valence electrons. The second-order valence-electron chi connectivity index (χ2n) is 3.25. The molecule has 1 heterocycles. The molecular formula is C10H8BrN5O2. The number of aromatic nitrogens is 3. The largest absolute Gasteiger partial charge is 0.507 e.